The summed E-state index contributed by atoms with van der Waals surface area (Å²) < 4.78 is 15.4. The molecule has 0 bridgehead atoms. The van der Waals surface area contributed by atoms with Crippen molar-refractivity contribution in [3.63, 3.8) is 0 Å². The summed E-state index contributed by atoms with van der Waals surface area (Å²) in [5.74, 6) is 0.165. The standard InChI is InChI=1S/C20H19FN4O2/c1-12-15(8-22-9-16(12)21)14-5-13-7-23-18(6-17(13)25(2)19(14)27)24-10-20(11-26)3-4-20/h5-9,11H,3-4,10H2,1-2H3,(H,23,24). The van der Waals surface area contributed by atoms with Gasteiger partial charge in [0.25, 0.3) is 5.56 Å². The van der Waals surface area contributed by atoms with Crippen LogP contribution in [0, 0.1) is 18.2 Å². The Labute approximate surface area is 155 Å². The number of nitrogens with zero attached hydrogens (tertiary/aromatic N) is 3. The third kappa shape index (κ3) is 2.99. The van der Waals surface area contributed by atoms with E-state index in [1.165, 1.54) is 10.8 Å². The lowest BCUT2D eigenvalue weighted by molar-refractivity contribution is -0.111. The van der Waals surface area contributed by atoms with Gasteiger partial charge in [-0.1, -0.05) is 0 Å². The maximum atomic E-state index is 13.9. The maximum Gasteiger partial charge on any atom is 0.258 e. The molecule has 1 saturated carbocycles. The molecule has 6 nitrogen and oxygen atoms in total. The number of halogens is 1. The van der Waals surface area contributed by atoms with E-state index in [4.69, 9.17) is 0 Å². The number of anilines is 1. The van der Waals surface area contributed by atoms with Gasteiger partial charge in [-0.25, -0.2) is 9.37 Å². The van der Waals surface area contributed by atoms with E-state index in [1.807, 2.05) is 0 Å². The van der Waals surface area contributed by atoms with Crippen LogP contribution in [0.4, 0.5) is 10.2 Å². The highest BCUT2D eigenvalue weighted by atomic mass is 19.1. The van der Waals surface area contributed by atoms with Crippen LogP contribution in [0.1, 0.15) is 18.4 Å². The molecule has 0 amide bonds. The molecule has 27 heavy (non-hydrogen) atoms. The zero-order valence-corrected chi connectivity index (χ0v) is 15.1. The van der Waals surface area contributed by atoms with Gasteiger partial charge in [-0.2, -0.15) is 0 Å². The molecule has 4 rings (SSSR count). The predicted molar refractivity (Wildman–Crippen MR) is 101 cm³/mol. The average molecular weight is 366 g/mol. The number of carbonyl (C=O) groups is 1. The number of pyridine rings is 3. The van der Waals surface area contributed by atoms with Gasteiger partial charge in [-0.3, -0.25) is 9.78 Å². The number of hydrogen-bond donors (Lipinski definition) is 1. The molecule has 138 valence electrons. The summed E-state index contributed by atoms with van der Waals surface area (Å²) in [6.45, 7) is 2.16. The van der Waals surface area contributed by atoms with Crippen LogP contribution in [0.15, 0.2) is 35.5 Å². The number of rotatable bonds is 5. The van der Waals surface area contributed by atoms with E-state index in [1.54, 1.807) is 32.3 Å². The summed E-state index contributed by atoms with van der Waals surface area (Å²) >= 11 is 0. The van der Waals surface area contributed by atoms with Gasteiger partial charge in [0.05, 0.1) is 11.7 Å². The molecule has 3 heterocycles. The number of nitrogens with one attached hydrogen (secondary N) is 1. The highest BCUT2D eigenvalue weighted by Gasteiger charge is 2.42. The van der Waals surface area contributed by atoms with E-state index >= 15 is 0 Å². The first-order chi connectivity index (χ1) is 12.9. The molecule has 1 aliphatic rings. The summed E-state index contributed by atoms with van der Waals surface area (Å²) in [5, 5.41) is 3.94. The zero-order chi connectivity index (χ0) is 19.2. The zero-order valence-electron chi connectivity index (χ0n) is 15.1. The van der Waals surface area contributed by atoms with E-state index in [-0.39, 0.29) is 11.0 Å². The van der Waals surface area contributed by atoms with E-state index in [9.17, 15) is 14.0 Å². The lowest BCUT2D eigenvalue weighted by Crippen LogP contribution is -2.20. The van der Waals surface area contributed by atoms with E-state index in [2.05, 4.69) is 15.3 Å². The number of aryl methyl sites for hydroxylation is 1. The van der Waals surface area contributed by atoms with Gasteiger partial charge < -0.3 is 14.7 Å². The Morgan fingerprint density at radius 1 is 1.26 bits per heavy atom. The molecular weight excluding hydrogens is 347 g/mol. The fraction of sp³-hybridized carbons (Fsp3) is 0.300. The van der Waals surface area contributed by atoms with Crippen molar-refractivity contribution in [3.8, 4) is 11.1 Å². The quantitative estimate of drug-likeness (QED) is 0.703. The van der Waals surface area contributed by atoms with Gasteiger partial charge in [-0.05, 0) is 31.4 Å². The third-order valence-corrected chi connectivity index (χ3v) is 5.32. The van der Waals surface area contributed by atoms with Crippen molar-refractivity contribution in [1.82, 2.24) is 14.5 Å². The van der Waals surface area contributed by atoms with Crippen molar-refractivity contribution in [2.24, 2.45) is 12.5 Å². The minimum atomic E-state index is -0.448. The second-order valence-corrected chi connectivity index (χ2v) is 7.18. The molecule has 1 aliphatic carbocycles. The molecule has 3 aromatic rings. The van der Waals surface area contributed by atoms with Gasteiger partial charge in [0, 0.05) is 54.0 Å². The number of aldehydes is 1. The topological polar surface area (TPSA) is 76.9 Å². The molecule has 0 radical (unpaired) electrons. The first kappa shape index (κ1) is 17.3. The van der Waals surface area contributed by atoms with Crippen LogP contribution in [0.2, 0.25) is 0 Å². The lowest BCUT2D eigenvalue weighted by Gasteiger charge is -2.13. The van der Waals surface area contributed by atoms with E-state index < -0.39 is 5.82 Å². The van der Waals surface area contributed by atoms with Crippen LogP contribution in [0.25, 0.3) is 22.0 Å². The molecule has 3 aromatic heterocycles. The molecular formula is C20H19FN4O2. The van der Waals surface area contributed by atoms with Crippen molar-refractivity contribution >= 4 is 23.0 Å². The Bertz CT molecular complexity index is 1120. The lowest BCUT2D eigenvalue weighted by atomic mass is 10.0. The summed E-state index contributed by atoms with van der Waals surface area (Å²) in [5.41, 5.74) is 1.45. The molecule has 0 spiro atoms. The van der Waals surface area contributed by atoms with Crippen LogP contribution in [-0.2, 0) is 11.8 Å². The number of carbonyl (C=O) groups excluding carboxylic acids is 1. The Kier molecular flexibility index (Phi) is 4.02. The van der Waals surface area contributed by atoms with Crippen molar-refractivity contribution in [1.29, 1.82) is 0 Å². The molecule has 0 saturated heterocycles. The number of hydrogen-bond acceptors (Lipinski definition) is 5. The fourth-order valence-corrected chi connectivity index (χ4v) is 3.19. The van der Waals surface area contributed by atoms with Crippen LogP contribution >= 0.6 is 0 Å². The molecule has 1 N–H and O–H groups in total. The average Bonchev–Trinajstić information content (AvgIpc) is 3.46. The summed E-state index contributed by atoms with van der Waals surface area (Å²) in [6.07, 6.45) is 7.08. The van der Waals surface area contributed by atoms with Crippen LogP contribution in [0.5, 0.6) is 0 Å². The van der Waals surface area contributed by atoms with Crippen molar-refractivity contribution in [3.05, 3.63) is 52.5 Å². The predicted octanol–water partition coefficient (Wildman–Crippen LogP) is 2.83. The Balaban J connectivity index is 1.76. The smallest absolute Gasteiger partial charge is 0.258 e. The number of fused-ring (bicyclic) bond motifs is 1. The SMILES string of the molecule is Cc1c(F)cncc1-c1cc2cnc(NCC3(C=O)CC3)cc2n(C)c1=O. The summed E-state index contributed by atoms with van der Waals surface area (Å²) in [4.78, 5) is 32.2. The molecule has 0 unspecified atom stereocenters. The summed E-state index contributed by atoms with van der Waals surface area (Å²) in [6, 6.07) is 3.50. The van der Waals surface area contributed by atoms with Crippen molar-refractivity contribution < 1.29 is 9.18 Å². The summed E-state index contributed by atoms with van der Waals surface area (Å²) in [7, 11) is 1.67. The minimum absolute atomic E-state index is 0.235. The molecule has 0 aliphatic heterocycles. The van der Waals surface area contributed by atoms with Gasteiger partial charge >= 0.3 is 0 Å². The van der Waals surface area contributed by atoms with Crippen molar-refractivity contribution in [2.45, 2.75) is 19.8 Å². The first-order valence-electron chi connectivity index (χ1n) is 8.75. The highest BCUT2D eigenvalue weighted by molar-refractivity contribution is 5.85. The normalized spacial score (nSPS) is 14.9. The third-order valence-electron chi connectivity index (χ3n) is 5.32. The molecule has 0 atom stereocenters. The second-order valence-electron chi connectivity index (χ2n) is 7.18. The highest BCUT2D eigenvalue weighted by Crippen LogP contribution is 2.43. The van der Waals surface area contributed by atoms with Gasteiger partial charge in [-0.15, -0.1) is 0 Å². The van der Waals surface area contributed by atoms with E-state index in [0.717, 1.165) is 30.7 Å². The van der Waals surface area contributed by atoms with Gasteiger partial charge in [0.1, 0.15) is 17.9 Å². The molecule has 7 heteroatoms. The number of aromatic nitrogens is 3. The van der Waals surface area contributed by atoms with Gasteiger partial charge in [0.15, 0.2) is 0 Å². The van der Waals surface area contributed by atoms with Crippen LogP contribution in [-0.4, -0.2) is 27.4 Å². The Morgan fingerprint density at radius 2 is 2.04 bits per heavy atom. The van der Waals surface area contributed by atoms with Crippen LogP contribution < -0.4 is 10.9 Å². The Hall–Kier alpha value is -3.09. The monoisotopic (exact) mass is 366 g/mol. The largest absolute Gasteiger partial charge is 0.369 e. The van der Waals surface area contributed by atoms with Crippen molar-refractivity contribution in [2.75, 3.05) is 11.9 Å². The molecule has 0 aromatic carbocycles. The maximum absolute atomic E-state index is 13.9. The van der Waals surface area contributed by atoms with E-state index in [0.29, 0.717) is 34.6 Å². The Morgan fingerprint density at radius 3 is 2.74 bits per heavy atom. The fourth-order valence-electron chi connectivity index (χ4n) is 3.19. The van der Waals surface area contributed by atoms with Crippen LogP contribution in [0.3, 0.4) is 0 Å². The second kappa shape index (κ2) is 6.26. The molecule has 1 fully saturated rings. The minimum Gasteiger partial charge on any atom is -0.369 e. The first-order valence-corrected chi connectivity index (χ1v) is 8.75. The van der Waals surface area contributed by atoms with Gasteiger partial charge in [0.2, 0.25) is 0 Å².